The van der Waals surface area contributed by atoms with Crippen LogP contribution >= 0.6 is 0 Å². The minimum Gasteiger partial charge on any atom is -0.321 e. The molecule has 0 aliphatic carbocycles. The predicted molar refractivity (Wildman–Crippen MR) is 90.1 cm³/mol. The van der Waals surface area contributed by atoms with Gasteiger partial charge in [-0.25, -0.2) is 0 Å². The Morgan fingerprint density at radius 1 is 0.833 bits per heavy atom. The fourth-order valence-corrected chi connectivity index (χ4v) is 2.94. The second-order valence-corrected chi connectivity index (χ2v) is 5.49. The topological polar surface area (TPSA) is 75.3 Å². The molecule has 0 atom stereocenters. The number of rotatable bonds is 2. The Hall–Kier alpha value is -3.47. The van der Waals surface area contributed by atoms with Crippen LogP contribution in [0.1, 0.15) is 31.1 Å². The summed E-state index contributed by atoms with van der Waals surface area (Å²) in [6.07, 6.45) is 0. The number of fused-ring (bicyclic) bond motifs is 2. The molecule has 3 amide bonds. The van der Waals surface area contributed by atoms with Crippen molar-refractivity contribution >= 4 is 34.2 Å². The highest BCUT2D eigenvalue weighted by molar-refractivity contribution is 6.25. The molecule has 5 heteroatoms. The molecular weight excluding hydrogens is 304 g/mol. The average molecular weight is 316 g/mol. The highest BCUT2D eigenvalue weighted by Crippen LogP contribution is 2.26. The van der Waals surface area contributed by atoms with E-state index in [4.69, 9.17) is 0 Å². The number of benzene rings is 3. The van der Waals surface area contributed by atoms with Crippen LogP contribution in [0.2, 0.25) is 0 Å². The summed E-state index contributed by atoms with van der Waals surface area (Å²) in [6, 6.07) is 17.8. The van der Waals surface area contributed by atoms with Crippen LogP contribution in [0.25, 0.3) is 10.8 Å². The minimum atomic E-state index is -0.496. The van der Waals surface area contributed by atoms with Crippen molar-refractivity contribution in [2.75, 3.05) is 5.32 Å². The molecule has 0 saturated heterocycles. The predicted octanol–water partition coefficient (Wildman–Crippen LogP) is 2.98. The Morgan fingerprint density at radius 2 is 1.58 bits per heavy atom. The average Bonchev–Trinajstić information content (AvgIpc) is 2.89. The molecule has 5 nitrogen and oxygen atoms in total. The van der Waals surface area contributed by atoms with Crippen LogP contribution in [0.4, 0.5) is 5.69 Å². The molecule has 0 spiro atoms. The third kappa shape index (κ3) is 2.14. The van der Waals surface area contributed by atoms with E-state index in [1.165, 1.54) is 0 Å². The molecule has 0 radical (unpaired) electrons. The van der Waals surface area contributed by atoms with Gasteiger partial charge in [-0.1, -0.05) is 42.5 Å². The Morgan fingerprint density at radius 3 is 2.46 bits per heavy atom. The molecule has 3 aromatic carbocycles. The first-order valence-electron chi connectivity index (χ1n) is 7.43. The fourth-order valence-electron chi connectivity index (χ4n) is 2.94. The highest BCUT2D eigenvalue weighted by atomic mass is 16.2. The lowest BCUT2D eigenvalue weighted by molar-refractivity contribution is 0.0879. The fraction of sp³-hybridized carbons (Fsp3) is 0. The first-order valence-corrected chi connectivity index (χ1v) is 7.43. The maximum absolute atomic E-state index is 12.7. The van der Waals surface area contributed by atoms with Gasteiger partial charge in [0.2, 0.25) is 0 Å². The van der Waals surface area contributed by atoms with Crippen molar-refractivity contribution < 1.29 is 14.4 Å². The molecule has 24 heavy (non-hydrogen) atoms. The zero-order valence-electron chi connectivity index (χ0n) is 12.5. The van der Waals surface area contributed by atoms with Crippen molar-refractivity contribution in [1.82, 2.24) is 5.32 Å². The van der Waals surface area contributed by atoms with Crippen LogP contribution in [0.5, 0.6) is 0 Å². The van der Waals surface area contributed by atoms with Crippen molar-refractivity contribution in [3.8, 4) is 0 Å². The van der Waals surface area contributed by atoms with Gasteiger partial charge in [0.25, 0.3) is 17.7 Å². The van der Waals surface area contributed by atoms with E-state index in [0.717, 1.165) is 10.8 Å². The Bertz CT molecular complexity index is 1020. The molecule has 0 unspecified atom stereocenters. The van der Waals surface area contributed by atoms with E-state index >= 15 is 0 Å². The van der Waals surface area contributed by atoms with Gasteiger partial charge < -0.3 is 5.32 Å². The summed E-state index contributed by atoms with van der Waals surface area (Å²) >= 11 is 0. The van der Waals surface area contributed by atoms with E-state index in [2.05, 4.69) is 10.6 Å². The number of amides is 3. The molecule has 1 heterocycles. The van der Waals surface area contributed by atoms with Crippen molar-refractivity contribution in [3.05, 3.63) is 77.4 Å². The van der Waals surface area contributed by atoms with Crippen LogP contribution in [-0.2, 0) is 0 Å². The second-order valence-electron chi connectivity index (χ2n) is 5.49. The molecule has 0 saturated carbocycles. The number of imide groups is 1. The summed E-state index contributed by atoms with van der Waals surface area (Å²) < 4.78 is 0. The van der Waals surface area contributed by atoms with Crippen molar-refractivity contribution in [2.45, 2.75) is 0 Å². The maximum Gasteiger partial charge on any atom is 0.261 e. The van der Waals surface area contributed by atoms with Crippen LogP contribution in [0.15, 0.2) is 60.7 Å². The summed E-state index contributed by atoms with van der Waals surface area (Å²) in [6.45, 7) is 0. The van der Waals surface area contributed by atoms with Gasteiger partial charge >= 0.3 is 0 Å². The van der Waals surface area contributed by atoms with Gasteiger partial charge in [0, 0.05) is 5.56 Å². The molecule has 1 aliphatic heterocycles. The summed E-state index contributed by atoms with van der Waals surface area (Å²) in [5, 5.41) is 6.77. The minimum absolute atomic E-state index is 0.205. The van der Waals surface area contributed by atoms with Crippen molar-refractivity contribution in [3.63, 3.8) is 0 Å². The van der Waals surface area contributed by atoms with Crippen LogP contribution < -0.4 is 10.6 Å². The summed E-state index contributed by atoms with van der Waals surface area (Å²) in [5.41, 5.74) is 1.32. The lowest BCUT2D eigenvalue weighted by atomic mass is 10.0. The molecule has 3 aromatic rings. The molecule has 4 rings (SSSR count). The van der Waals surface area contributed by atoms with E-state index in [1.807, 2.05) is 36.4 Å². The molecule has 0 aromatic heterocycles. The molecule has 116 valence electrons. The highest BCUT2D eigenvalue weighted by Gasteiger charge is 2.29. The summed E-state index contributed by atoms with van der Waals surface area (Å²) in [7, 11) is 0. The monoisotopic (exact) mass is 316 g/mol. The number of hydrogen-bond donors (Lipinski definition) is 2. The quantitative estimate of drug-likeness (QED) is 0.714. The van der Waals surface area contributed by atoms with E-state index in [1.54, 1.807) is 24.3 Å². The van der Waals surface area contributed by atoms with E-state index < -0.39 is 11.8 Å². The molecular formula is C19H12N2O3. The number of carbonyl (C=O) groups excluding carboxylic acids is 3. The van der Waals surface area contributed by atoms with E-state index in [9.17, 15) is 14.4 Å². The third-order valence-electron chi connectivity index (χ3n) is 4.05. The number of hydrogen-bond acceptors (Lipinski definition) is 3. The smallest absolute Gasteiger partial charge is 0.261 e. The van der Waals surface area contributed by atoms with Crippen LogP contribution in [0, 0.1) is 0 Å². The first-order chi connectivity index (χ1) is 11.6. The number of nitrogens with one attached hydrogen (secondary N) is 2. The SMILES string of the molecule is O=C1NC(=O)c2c(NC(=O)c3cccc4ccccc34)cccc21. The standard InChI is InChI=1S/C19H12N2O3/c22-17(13-8-3-6-11-5-1-2-7-12(11)13)20-15-10-4-9-14-16(15)19(24)21-18(14)23/h1-10H,(H,20,22)(H,21,23,24). The second kappa shape index (κ2) is 5.31. The van der Waals surface area contributed by atoms with Crippen LogP contribution in [-0.4, -0.2) is 17.7 Å². The van der Waals surface area contributed by atoms with Gasteiger partial charge in [-0.05, 0) is 29.0 Å². The Balaban J connectivity index is 1.76. The first kappa shape index (κ1) is 14.1. The van der Waals surface area contributed by atoms with Gasteiger partial charge in [0.15, 0.2) is 0 Å². The maximum atomic E-state index is 12.7. The molecule has 0 bridgehead atoms. The summed E-state index contributed by atoms with van der Waals surface area (Å²) in [4.78, 5) is 36.3. The number of carbonyl (C=O) groups is 3. The third-order valence-corrected chi connectivity index (χ3v) is 4.05. The number of anilines is 1. The summed E-state index contributed by atoms with van der Waals surface area (Å²) in [5.74, 6) is -1.27. The van der Waals surface area contributed by atoms with Crippen molar-refractivity contribution in [2.24, 2.45) is 0 Å². The van der Waals surface area contributed by atoms with Gasteiger partial charge in [0.05, 0.1) is 16.8 Å². The Kier molecular flexibility index (Phi) is 3.13. The normalized spacial score (nSPS) is 12.8. The zero-order valence-corrected chi connectivity index (χ0v) is 12.5. The van der Waals surface area contributed by atoms with Crippen LogP contribution in [0.3, 0.4) is 0 Å². The van der Waals surface area contributed by atoms with Gasteiger partial charge in [0.1, 0.15) is 0 Å². The Labute approximate surface area is 137 Å². The van der Waals surface area contributed by atoms with Gasteiger partial charge in [-0.3, -0.25) is 19.7 Å². The lowest BCUT2D eigenvalue weighted by Gasteiger charge is -2.10. The lowest BCUT2D eigenvalue weighted by Crippen LogP contribution is -2.21. The molecule has 1 aliphatic rings. The molecule has 0 fully saturated rings. The van der Waals surface area contributed by atoms with Gasteiger partial charge in [-0.15, -0.1) is 0 Å². The van der Waals surface area contributed by atoms with Crippen molar-refractivity contribution in [1.29, 1.82) is 0 Å². The largest absolute Gasteiger partial charge is 0.321 e. The zero-order chi connectivity index (χ0) is 16.7. The van der Waals surface area contributed by atoms with E-state index in [0.29, 0.717) is 11.3 Å². The van der Waals surface area contributed by atoms with Gasteiger partial charge in [-0.2, -0.15) is 0 Å². The molecule has 2 N–H and O–H groups in total. The van der Waals surface area contributed by atoms with E-state index in [-0.39, 0.29) is 17.0 Å².